The van der Waals surface area contributed by atoms with E-state index in [0.717, 1.165) is 6.42 Å². The molecule has 3 rings (SSSR count). The Morgan fingerprint density at radius 1 is 1.33 bits per heavy atom. The number of halogens is 5. The van der Waals surface area contributed by atoms with Crippen LogP contribution in [0.4, 0.5) is 13.2 Å². The fourth-order valence-corrected chi connectivity index (χ4v) is 5.67. The highest BCUT2D eigenvalue weighted by molar-refractivity contribution is 6.36. The lowest BCUT2D eigenvalue weighted by Crippen LogP contribution is -2.55. The fourth-order valence-electron chi connectivity index (χ4n) is 5.11. The molecule has 30 heavy (non-hydrogen) atoms. The number of aliphatic hydroxyl groups is 1. The monoisotopic (exact) mass is 468 g/mol. The van der Waals surface area contributed by atoms with Gasteiger partial charge in [-0.1, -0.05) is 29.6 Å². The predicted octanol–water partition coefficient (Wildman–Crippen LogP) is 4.52. The quantitative estimate of drug-likeness (QED) is 0.705. The van der Waals surface area contributed by atoms with Crippen molar-refractivity contribution in [3.63, 3.8) is 0 Å². The first kappa shape index (κ1) is 23.4. The summed E-state index contributed by atoms with van der Waals surface area (Å²) in [6.45, 7) is 2.20. The van der Waals surface area contributed by atoms with Crippen molar-refractivity contribution in [2.45, 2.75) is 57.3 Å². The van der Waals surface area contributed by atoms with Gasteiger partial charge in [-0.15, -0.1) is 0 Å². The Morgan fingerprint density at radius 3 is 2.67 bits per heavy atom. The maximum Gasteiger partial charge on any atom is 0.414 e. The van der Waals surface area contributed by atoms with E-state index in [4.69, 9.17) is 27.9 Å². The van der Waals surface area contributed by atoms with E-state index in [-0.39, 0.29) is 46.1 Å². The second-order valence-corrected chi connectivity index (χ2v) is 8.90. The first-order valence-corrected chi connectivity index (χ1v) is 10.7. The lowest BCUT2D eigenvalue weighted by Gasteiger charge is -2.50. The summed E-state index contributed by atoms with van der Waals surface area (Å²) >= 11 is 12.4. The highest BCUT2D eigenvalue weighted by Crippen LogP contribution is 2.47. The van der Waals surface area contributed by atoms with Crippen LogP contribution in [0.25, 0.3) is 0 Å². The van der Waals surface area contributed by atoms with Crippen molar-refractivity contribution in [2.24, 2.45) is 17.8 Å². The van der Waals surface area contributed by atoms with E-state index < -0.39 is 18.2 Å². The molecular weight excluding hydrogens is 444 g/mol. The molecule has 0 spiro atoms. The number of carbonyl (C=O) groups is 1. The molecule has 2 fully saturated rings. The minimum Gasteiger partial charge on any atom is -0.480 e. The van der Waals surface area contributed by atoms with E-state index in [1.165, 1.54) is 13.3 Å². The molecule has 0 radical (unpaired) electrons. The van der Waals surface area contributed by atoms with E-state index in [2.05, 4.69) is 4.98 Å². The number of aliphatic hydroxyl groups excluding tert-OH is 1. The number of amides is 1. The smallest absolute Gasteiger partial charge is 0.414 e. The summed E-state index contributed by atoms with van der Waals surface area (Å²) in [5.74, 6) is -1.20. The van der Waals surface area contributed by atoms with Crippen molar-refractivity contribution in [3.8, 4) is 5.88 Å². The van der Waals surface area contributed by atoms with Gasteiger partial charge in [0.1, 0.15) is 5.02 Å². The maximum absolute atomic E-state index is 13.1. The van der Waals surface area contributed by atoms with Crippen molar-refractivity contribution in [3.05, 3.63) is 21.8 Å². The first-order chi connectivity index (χ1) is 14.1. The first-order valence-electron chi connectivity index (χ1n) is 9.97. The Balaban J connectivity index is 1.76. The third-order valence-electron chi connectivity index (χ3n) is 6.61. The van der Waals surface area contributed by atoms with Crippen LogP contribution in [0.5, 0.6) is 5.88 Å². The van der Waals surface area contributed by atoms with Crippen molar-refractivity contribution in [2.75, 3.05) is 13.7 Å². The van der Waals surface area contributed by atoms with Crippen LogP contribution in [0.3, 0.4) is 0 Å². The summed E-state index contributed by atoms with van der Waals surface area (Å²) < 4.78 is 44.4. The second kappa shape index (κ2) is 9.09. The van der Waals surface area contributed by atoms with Crippen LogP contribution in [0.2, 0.25) is 10.0 Å². The third-order valence-corrected chi connectivity index (χ3v) is 7.32. The average Bonchev–Trinajstić information content (AvgIpc) is 2.70. The molecule has 5 nitrogen and oxygen atoms in total. The number of hydrogen-bond donors (Lipinski definition) is 1. The van der Waals surface area contributed by atoms with Crippen molar-refractivity contribution < 1.29 is 27.8 Å². The van der Waals surface area contributed by atoms with Gasteiger partial charge in [0.05, 0.1) is 18.6 Å². The van der Waals surface area contributed by atoms with Gasteiger partial charge in [-0.05, 0) is 43.9 Å². The molecule has 168 valence electrons. The van der Waals surface area contributed by atoms with E-state index in [1.54, 1.807) is 4.90 Å². The Labute approximate surface area is 183 Å². The molecule has 1 saturated heterocycles. The second-order valence-electron chi connectivity index (χ2n) is 8.11. The molecule has 2 heterocycles. The lowest BCUT2D eigenvalue weighted by molar-refractivity contribution is -0.233. The van der Waals surface area contributed by atoms with E-state index >= 15 is 0 Å². The highest BCUT2D eigenvalue weighted by Gasteiger charge is 2.51. The molecular formula is C20H25Cl2F3N2O3. The molecule has 0 unspecified atom stereocenters. The van der Waals surface area contributed by atoms with Gasteiger partial charge in [-0.2, -0.15) is 13.2 Å². The van der Waals surface area contributed by atoms with E-state index in [9.17, 15) is 23.1 Å². The number of piperidine rings is 1. The van der Waals surface area contributed by atoms with Gasteiger partial charge in [-0.3, -0.25) is 4.79 Å². The summed E-state index contributed by atoms with van der Waals surface area (Å²) in [7, 11) is 1.41. The number of fused-ring (bicyclic) bond motifs is 1. The number of rotatable bonds is 4. The number of likely N-dealkylation sites (tertiary alicyclic amines) is 1. The van der Waals surface area contributed by atoms with Gasteiger partial charge in [-0.25, -0.2) is 4.98 Å². The molecule has 1 N–H and O–H groups in total. The van der Waals surface area contributed by atoms with Gasteiger partial charge in [0, 0.05) is 24.3 Å². The fraction of sp³-hybridized carbons (Fsp3) is 0.700. The summed E-state index contributed by atoms with van der Waals surface area (Å²) in [5.41, 5.74) is 0.415. The number of nitrogens with zero attached hydrogens (tertiary/aromatic N) is 2. The number of methoxy groups -OCH3 is 1. The molecule has 1 saturated carbocycles. The Hall–Kier alpha value is -1.25. The van der Waals surface area contributed by atoms with Crippen LogP contribution in [-0.2, 0) is 11.2 Å². The van der Waals surface area contributed by atoms with Crippen LogP contribution in [0, 0.1) is 17.8 Å². The molecule has 1 aliphatic carbocycles. The average molecular weight is 469 g/mol. The molecule has 0 aromatic carbocycles. The molecule has 1 aliphatic heterocycles. The highest BCUT2D eigenvalue weighted by atomic mass is 35.5. The summed E-state index contributed by atoms with van der Waals surface area (Å²) in [6, 6.07) is -0.235. The summed E-state index contributed by atoms with van der Waals surface area (Å²) in [4.78, 5) is 18.7. The van der Waals surface area contributed by atoms with Gasteiger partial charge in [0.2, 0.25) is 11.8 Å². The van der Waals surface area contributed by atoms with Crippen LogP contribution in [0.1, 0.15) is 38.2 Å². The third kappa shape index (κ3) is 4.50. The number of hydrogen-bond acceptors (Lipinski definition) is 4. The number of alkyl halides is 3. The minimum atomic E-state index is -4.63. The zero-order valence-corrected chi connectivity index (χ0v) is 18.3. The van der Waals surface area contributed by atoms with Crippen LogP contribution >= 0.6 is 23.2 Å². The zero-order valence-electron chi connectivity index (χ0n) is 16.8. The van der Waals surface area contributed by atoms with E-state index in [1.807, 2.05) is 6.92 Å². The molecule has 1 aromatic heterocycles. The lowest BCUT2D eigenvalue weighted by atomic mass is 9.64. The molecule has 2 aliphatic rings. The normalized spacial score (nSPS) is 28.1. The maximum atomic E-state index is 13.1. The van der Waals surface area contributed by atoms with E-state index in [0.29, 0.717) is 31.4 Å². The Kier molecular flexibility index (Phi) is 7.09. The number of aromatic nitrogens is 1. The largest absolute Gasteiger partial charge is 0.480 e. The zero-order chi connectivity index (χ0) is 22.2. The standard InChI is InChI=1S/C20H25Cl2F3N2O3/c1-10-11-4-3-5-13(18(29)20(23,24)25)12(11)6-7-27(10)16(28)8-14-15(21)9-26-19(30-2)17(14)22/h9-13,18,29H,3-8H2,1-2H3/t10-,11+,12+,13+,18-/m0/s1. The van der Waals surface area contributed by atoms with Gasteiger partial charge in [0.25, 0.3) is 0 Å². The topological polar surface area (TPSA) is 62.7 Å². The SMILES string of the molecule is COc1ncc(Cl)c(CC(=O)N2CC[C@H]3[C@H]([C@H](O)C(F)(F)F)CCC[C@@H]3[C@@H]2C)c1Cl. The van der Waals surface area contributed by atoms with Crippen molar-refractivity contribution in [1.82, 2.24) is 9.88 Å². The van der Waals surface area contributed by atoms with Crippen LogP contribution < -0.4 is 4.74 Å². The van der Waals surface area contributed by atoms with Crippen molar-refractivity contribution in [1.29, 1.82) is 0 Å². The summed E-state index contributed by atoms with van der Waals surface area (Å²) in [6.07, 6.45) is -3.50. The predicted molar refractivity (Wildman–Crippen MR) is 107 cm³/mol. The molecule has 10 heteroatoms. The number of pyridine rings is 1. The number of carbonyl (C=O) groups excluding carboxylic acids is 1. The van der Waals surface area contributed by atoms with Gasteiger partial charge < -0.3 is 14.7 Å². The molecule has 1 aromatic rings. The summed E-state index contributed by atoms with van der Waals surface area (Å²) in [5, 5.41) is 10.3. The minimum absolute atomic E-state index is 0.0487. The Bertz CT molecular complexity index is 793. The van der Waals surface area contributed by atoms with Crippen LogP contribution in [0.15, 0.2) is 6.20 Å². The number of ether oxygens (including phenoxy) is 1. The van der Waals surface area contributed by atoms with Crippen LogP contribution in [-0.4, -0.2) is 52.9 Å². The van der Waals surface area contributed by atoms with Gasteiger partial charge in [0.15, 0.2) is 6.10 Å². The molecule has 5 atom stereocenters. The van der Waals surface area contributed by atoms with Crippen molar-refractivity contribution >= 4 is 29.1 Å². The van der Waals surface area contributed by atoms with Gasteiger partial charge >= 0.3 is 6.18 Å². The molecule has 0 bridgehead atoms. The Morgan fingerprint density at radius 2 is 2.03 bits per heavy atom. The molecule has 1 amide bonds.